The van der Waals surface area contributed by atoms with Gasteiger partial charge in [0, 0.05) is 5.56 Å². The van der Waals surface area contributed by atoms with Crippen molar-refractivity contribution >= 4 is 34.4 Å². The van der Waals surface area contributed by atoms with E-state index in [1.807, 2.05) is 42.6 Å². The highest BCUT2D eigenvalue weighted by atomic mass is 32.1. The van der Waals surface area contributed by atoms with Gasteiger partial charge in [-0.3, -0.25) is 0 Å². The highest BCUT2D eigenvalue weighted by molar-refractivity contribution is 7.17. The third kappa shape index (κ3) is 3.55. The van der Waals surface area contributed by atoms with Gasteiger partial charge in [0.1, 0.15) is 16.5 Å². The Morgan fingerprint density at radius 3 is 2.70 bits per heavy atom. The number of aryl methyl sites for hydroxylation is 1. The van der Waals surface area contributed by atoms with Crippen LogP contribution in [0.1, 0.15) is 20.2 Å². The molecule has 0 saturated carbocycles. The van der Waals surface area contributed by atoms with Gasteiger partial charge in [0.05, 0.1) is 16.3 Å². The molecule has 0 fully saturated rings. The lowest BCUT2D eigenvalue weighted by molar-refractivity contribution is 0.0569. The fourth-order valence-electron chi connectivity index (χ4n) is 2.05. The van der Waals surface area contributed by atoms with Crippen molar-refractivity contribution in [1.29, 1.82) is 5.41 Å². The molecule has 0 saturated heterocycles. The molecule has 3 aromatic rings. The zero-order valence-electron chi connectivity index (χ0n) is 12.4. The lowest BCUT2D eigenvalue weighted by Crippen LogP contribution is -2.13. The molecule has 1 aromatic carbocycles. The summed E-state index contributed by atoms with van der Waals surface area (Å²) in [6, 6.07) is 13.4. The van der Waals surface area contributed by atoms with Crippen LogP contribution in [0, 0.1) is 12.3 Å². The molecule has 0 spiro atoms. The van der Waals surface area contributed by atoms with Crippen LogP contribution in [0.2, 0.25) is 0 Å². The van der Waals surface area contributed by atoms with Gasteiger partial charge >= 0.3 is 5.97 Å². The molecule has 6 heteroatoms. The van der Waals surface area contributed by atoms with Gasteiger partial charge < -0.3 is 10.1 Å². The number of hydrogen-bond donors (Lipinski definition) is 1. The van der Waals surface area contributed by atoms with Crippen molar-refractivity contribution < 1.29 is 9.53 Å². The minimum atomic E-state index is -0.393. The molecule has 1 N–H and O–H groups in total. The maximum Gasteiger partial charge on any atom is 0.348 e. The van der Waals surface area contributed by atoms with E-state index in [9.17, 15) is 4.79 Å². The second-order valence-corrected chi connectivity index (χ2v) is 6.78. The molecule has 0 aliphatic rings. The van der Waals surface area contributed by atoms with Crippen LogP contribution in [0.5, 0.6) is 0 Å². The third-order valence-electron chi connectivity index (χ3n) is 3.16. The summed E-state index contributed by atoms with van der Waals surface area (Å²) in [7, 11) is 0. The van der Waals surface area contributed by atoms with Crippen molar-refractivity contribution in [3.63, 3.8) is 0 Å². The first-order valence-electron chi connectivity index (χ1n) is 6.96. The molecule has 3 rings (SSSR count). The van der Waals surface area contributed by atoms with Gasteiger partial charge in [0.25, 0.3) is 0 Å². The zero-order chi connectivity index (χ0) is 16.2. The summed E-state index contributed by atoms with van der Waals surface area (Å²) in [4.78, 5) is 17.6. The van der Waals surface area contributed by atoms with Crippen molar-refractivity contribution in [2.75, 3.05) is 6.61 Å². The number of aromatic nitrogens is 1. The molecule has 0 bridgehead atoms. The molecule has 0 aliphatic carbocycles. The first-order valence-corrected chi connectivity index (χ1v) is 8.66. The summed E-state index contributed by atoms with van der Waals surface area (Å²) in [5.41, 5.74) is 2.08. The van der Waals surface area contributed by atoms with Gasteiger partial charge in [-0.05, 0) is 18.4 Å². The molecule has 0 amide bonds. The van der Waals surface area contributed by atoms with Gasteiger partial charge in [-0.1, -0.05) is 36.4 Å². The van der Waals surface area contributed by atoms with E-state index in [-0.39, 0.29) is 12.3 Å². The zero-order valence-corrected chi connectivity index (χ0v) is 14.0. The molecule has 0 radical (unpaired) electrons. The first-order chi connectivity index (χ1) is 11.1. The average molecular weight is 342 g/mol. The summed E-state index contributed by atoms with van der Waals surface area (Å²) < 4.78 is 5.20. The molecule has 2 aromatic heterocycles. The second kappa shape index (κ2) is 6.85. The summed E-state index contributed by atoms with van der Waals surface area (Å²) >= 11 is 2.77. The fourth-order valence-corrected chi connectivity index (χ4v) is 3.67. The maximum atomic E-state index is 11.8. The predicted octanol–water partition coefficient (Wildman–Crippen LogP) is 4.40. The van der Waals surface area contributed by atoms with Crippen molar-refractivity contribution in [2.24, 2.45) is 0 Å². The Hall–Kier alpha value is -2.31. The van der Waals surface area contributed by atoms with Crippen LogP contribution in [0.3, 0.4) is 0 Å². The van der Waals surface area contributed by atoms with E-state index < -0.39 is 5.97 Å². The lowest BCUT2D eigenvalue weighted by atomic mass is 10.2. The van der Waals surface area contributed by atoms with Crippen LogP contribution in [0.15, 0.2) is 47.8 Å². The fraction of sp³-hybridized carbons (Fsp3) is 0.118. The number of esters is 1. The van der Waals surface area contributed by atoms with Crippen LogP contribution < -0.4 is 0 Å². The van der Waals surface area contributed by atoms with E-state index in [2.05, 4.69) is 4.98 Å². The number of carbonyl (C=O) groups is 1. The Balaban J connectivity index is 1.70. The molecular formula is C17H14N2O2S2. The van der Waals surface area contributed by atoms with Crippen molar-refractivity contribution in [3.8, 4) is 10.6 Å². The number of hydrogen-bond acceptors (Lipinski definition) is 6. The topological polar surface area (TPSA) is 63.0 Å². The quantitative estimate of drug-likeness (QED) is 0.552. The second-order valence-electron chi connectivity index (χ2n) is 4.83. The third-order valence-corrected chi connectivity index (χ3v) is 5.28. The van der Waals surface area contributed by atoms with Crippen molar-refractivity contribution in [3.05, 3.63) is 63.3 Å². The highest BCUT2D eigenvalue weighted by Crippen LogP contribution is 2.28. The van der Waals surface area contributed by atoms with E-state index >= 15 is 0 Å². The first kappa shape index (κ1) is 15.6. The predicted molar refractivity (Wildman–Crippen MR) is 93.7 cm³/mol. The SMILES string of the molecule is Cc1nc(-c2ccccc2)sc1C(=N)COC(=O)c1cccs1. The number of benzene rings is 1. The van der Waals surface area contributed by atoms with Gasteiger partial charge in [-0.15, -0.1) is 22.7 Å². The van der Waals surface area contributed by atoms with Gasteiger partial charge in [-0.25, -0.2) is 9.78 Å². The molecular weight excluding hydrogens is 328 g/mol. The van der Waals surface area contributed by atoms with E-state index in [0.717, 1.165) is 21.1 Å². The monoisotopic (exact) mass is 342 g/mol. The van der Waals surface area contributed by atoms with Crippen LogP contribution >= 0.6 is 22.7 Å². The Bertz CT molecular complexity index is 824. The van der Waals surface area contributed by atoms with Crippen LogP contribution in [0.4, 0.5) is 0 Å². The number of rotatable bonds is 5. The molecule has 0 unspecified atom stereocenters. The lowest BCUT2D eigenvalue weighted by Gasteiger charge is -2.03. The molecule has 4 nitrogen and oxygen atoms in total. The van der Waals surface area contributed by atoms with Gasteiger partial charge in [0.2, 0.25) is 0 Å². The van der Waals surface area contributed by atoms with Gasteiger partial charge in [-0.2, -0.15) is 0 Å². The van der Waals surface area contributed by atoms with E-state index in [1.54, 1.807) is 12.1 Å². The largest absolute Gasteiger partial charge is 0.455 e. The molecule has 2 heterocycles. The molecule has 0 aliphatic heterocycles. The smallest absolute Gasteiger partial charge is 0.348 e. The number of thiazole rings is 1. The normalized spacial score (nSPS) is 10.5. The number of ether oxygens (including phenoxy) is 1. The van der Waals surface area contributed by atoms with E-state index in [4.69, 9.17) is 10.1 Å². The Kier molecular flexibility index (Phi) is 4.64. The number of carbonyl (C=O) groups excluding carboxylic acids is 1. The minimum Gasteiger partial charge on any atom is -0.455 e. The number of nitrogens with zero attached hydrogens (tertiary/aromatic N) is 1. The Morgan fingerprint density at radius 2 is 2.00 bits per heavy atom. The Labute approximate surface area is 141 Å². The number of thiophene rings is 1. The number of nitrogens with one attached hydrogen (secondary N) is 1. The van der Waals surface area contributed by atoms with Crippen LogP contribution in [0.25, 0.3) is 10.6 Å². The summed E-state index contributed by atoms with van der Waals surface area (Å²) in [6.07, 6.45) is 0. The van der Waals surface area contributed by atoms with Crippen molar-refractivity contribution in [1.82, 2.24) is 4.98 Å². The molecule has 0 atom stereocenters. The van der Waals surface area contributed by atoms with Crippen LogP contribution in [-0.2, 0) is 4.74 Å². The van der Waals surface area contributed by atoms with E-state index in [1.165, 1.54) is 22.7 Å². The summed E-state index contributed by atoms with van der Waals surface area (Å²) in [5, 5.41) is 10.9. The maximum absolute atomic E-state index is 11.8. The summed E-state index contributed by atoms with van der Waals surface area (Å²) in [5.74, 6) is -0.393. The van der Waals surface area contributed by atoms with Crippen LogP contribution in [-0.4, -0.2) is 23.3 Å². The highest BCUT2D eigenvalue weighted by Gasteiger charge is 2.16. The molecule has 116 valence electrons. The van der Waals surface area contributed by atoms with Gasteiger partial charge in [0.15, 0.2) is 0 Å². The van der Waals surface area contributed by atoms with Crippen molar-refractivity contribution in [2.45, 2.75) is 6.92 Å². The average Bonchev–Trinajstić information content (AvgIpc) is 3.23. The Morgan fingerprint density at radius 1 is 1.22 bits per heavy atom. The summed E-state index contributed by atoms with van der Waals surface area (Å²) in [6.45, 7) is 1.82. The van der Waals surface area contributed by atoms with E-state index in [0.29, 0.717) is 4.88 Å². The molecule has 23 heavy (non-hydrogen) atoms. The minimum absolute atomic E-state index is 0.0476. The standard InChI is InChI=1S/C17H14N2O2S2/c1-11-15(23-16(19-11)12-6-3-2-4-7-12)13(18)10-21-17(20)14-8-5-9-22-14/h2-9,18H,10H2,1H3.